The van der Waals surface area contributed by atoms with Gasteiger partial charge in [-0.1, -0.05) is 73.7 Å². The van der Waals surface area contributed by atoms with Gasteiger partial charge >= 0.3 is 0 Å². The minimum atomic E-state index is -0.244. The maximum Gasteiger partial charge on any atom is 0.117 e. The van der Waals surface area contributed by atoms with Crippen LogP contribution < -0.4 is 0 Å². The van der Waals surface area contributed by atoms with Crippen molar-refractivity contribution in [2.24, 2.45) is 11.3 Å². The first-order chi connectivity index (χ1) is 10.8. The largest absolute Gasteiger partial charge is 0.362 e. The van der Waals surface area contributed by atoms with Crippen LogP contribution in [-0.2, 0) is 11.3 Å². The van der Waals surface area contributed by atoms with Crippen LogP contribution in [0.3, 0.4) is 0 Å². The van der Waals surface area contributed by atoms with E-state index in [2.05, 4.69) is 56.5 Å². The average Bonchev–Trinajstić information content (AvgIpc) is 2.59. The molecule has 0 saturated heterocycles. The molecule has 1 aliphatic carbocycles. The van der Waals surface area contributed by atoms with Crippen molar-refractivity contribution in [2.75, 3.05) is 5.75 Å². The Labute approximate surface area is 138 Å². The molecule has 0 heterocycles. The predicted molar refractivity (Wildman–Crippen MR) is 97.7 cm³/mol. The zero-order valence-corrected chi connectivity index (χ0v) is 14.0. The van der Waals surface area contributed by atoms with Crippen LogP contribution in [0.2, 0.25) is 0 Å². The van der Waals surface area contributed by atoms with Crippen molar-refractivity contribution < 1.29 is 4.74 Å². The summed E-state index contributed by atoms with van der Waals surface area (Å²) in [4.78, 5) is 0. The third-order valence-corrected chi connectivity index (χ3v) is 5.15. The Morgan fingerprint density at radius 2 is 2.05 bits per heavy atom. The van der Waals surface area contributed by atoms with Crippen molar-refractivity contribution in [1.82, 2.24) is 0 Å². The second-order valence-electron chi connectivity index (χ2n) is 5.29. The summed E-state index contributed by atoms with van der Waals surface area (Å²) in [6.07, 6.45) is 12.5. The van der Waals surface area contributed by atoms with E-state index in [-0.39, 0.29) is 16.8 Å². The molecule has 0 N–H and O–H groups in total. The molecule has 0 spiro atoms. The Kier molecular flexibility index (Phi) is 6.29. The maximum absolute atomic E-state index is 6.29. The number of rotatable bonds is 8. The van der Waals surface area contributed by atoms with Crippen molar-refractivity contribution in [2.45, 2.75) is 19.0 Å². The van der Waals surface area contributed by atoms with Crippen LogP contribution in [-0.4, -0.2) is 11.2 Å². The van der Waals surface area contributed by atoms with E-state index < -0.39 is 0 Å². The molecule has 1 aromatic carbocycles. The first-order valence-electron chi connectivity index (χ1n) is 7.66. The fourth-order valence-electron chi connectivity index (χ4n) is 2.74. The Balaban J connectivity index is 2.20. The second kappa shape index (κ2) is 8.21. The van der Waals surface area contributed by atoms with Gasteiger partial charge in [-0.25, -0.2) is 0 Å². The minimum absolute atomic E-state index is 0.0133. The fraction of sp³-hybridized carbons (Fsp3) is 0.300. The minimum Gasteiger partial charge on any atom is -0.362 e. The number of ether oxygens (including phenoxy) is 1. The maximum atomic E-state index is 6.29. The fourth-order valence-corrected chi connectivity index (χ4v) is 3.82. The van der Waals surface area contributed by atoms with Crippen molar-refractivity contribution in [1.29, 1.82) is 0 Å². The highest BCUT2D eigenvalue weighted by Gasteiger charge is 2.40. The van der Waals surface area contributed by atoms with E-state index in [0.717, 1.165) is 5.75 Å². The zero-order chi connectivity index (χ0) is 15.8. The molecule has 3 unspecified atom stereocenters. The summed E-state index contributed by atoms with van der Waals surface area (Å²) in [6, 6.07) is 10.3. The summed E-state index contributed by atoms with van der Waals surface area (Å²) in [5, 5.41) is 0. The van der Waals surface area contributed by atoms with Crippen molar-refractivity contribution >= 4 is 11.8 Å². The van der Waals surface area contributed by atoms with Gasteiger partial charge in [0.15, 0.2) is 0 Å². The molecule has 1 aliphatic rings. The van der Waals surface area contributed by atoms with E-state index in [9.17, 15) is 0 Å². The molecule has 3 atom stereocenters. The Morgan fingerprint density at radius 3 is 2.68 bits per heavy atom. The van der Waals surface area contributed by atoms with Gasteiger partial charge in [0.25, 0.3) is 0 Å². The van der Waals surface area contributed by atoms with Crippen molar-refractivity contribution in [3.63, 3.8) is 0 Å². The molecule has 1 aromatic rings. The Morgan fingerprint density at radius 1 is 1.27 bits per heavy atom. The molecule has 0 saturated carbocycles. The topological polar surface area (TPSA) is 9.23 Å². The molecule has 0 amide bonds. The molecule has 0 radical (unpaired) electrons. The SMILES string of the molecule is C=CC1C=CC=CC1(C=C)C(OCc1ccccc1)SCC. The average molecular weight is 312 g/mol. The van der Waals surface area contributed by atoms with Gasteiger partial charge in [0.1, 0.15) is 5.44 Å². The lowest BCUT2D eigenvalue weighted by Crippen LogP contribution is -2.38. The smallest absolute Gasteiger partial charge is 0.117 e. The highest BCUT2D eigenvalue weighted by atomic mass is 32.2. The summed E-state index contributed by atoms with van der Waals surface area (Å²) in [5.74, 6) is 1.20. The van der Waals surface area contributed by atoms with E-state index in [4.69, 9.17) is 4.74 Å². The van der Waals surface area contributed by atoms with Crippen molar-refractivity contribution in [3.05, 3.63) is 85.5 Å². The van der Waals surface area contributed by atoms with E-state index in [1.54, 1.807) is 0 Å². The van der Waals surface area contributed by atoms with Gasteiger partial charge < -0.3 is 4.74 Å². The van der Waals surface area contributed by atoms with Crippen LogP contribution in [0.25, 0.3) is 0 Å². The predicted octanol–water partition coefficient (Wildman–Crippen LogP) is 5.38. The quantitative estimate of drug-likeness (QED) is 0.470. The van der Waals surface area contributed by atoms with Gasteiger partial charge in [0.2, 0.25) is 0 Å². The van der Waals surface area contributed by atoms with Gasteiger partial charge in [-0.05, 0) is 11.3 Å². The van der Waals surface area contributed by atoms with E-state index in [1.165, 1.54) is 5.56 Å². The first kappa shape index (κ1) is 16.9. The lowest BCUT2D eigenvalue weighted by atomic mass is 9.73. The third kappa shape index (κ3) is 3.63. The van der Waals surface area contributed by atoms with Gasteiger partial charge in [0, 0.05) is 5.92 Å². The summed E-state index contributed by atoms with van der Waals surface area (Å²) in [6.45, 7) is 10.8. The molecular weight excluding hydrogens is 288 g/mol. The van der Waals surface area contributed by atoms with E-state index in [0.29, 0.717) is 6.61 Å². The number of benzene rings is 1. The monoisotopic (exact) mass is 312 g/mol. The molecule has 22 heavy (non-hydrogen) atoms. The normalized spacial score (nSPS) is 24.9. The Bertz CT molecular complexity index is 546. The highest BCUT2D eigenvalue weighted by Crippen LogP contribution is 2.45. The standard InChI is InChI=1S/C20H24OS/c1-4-18-14-10-11-15-20(18,5-2)19(22-6-3)21-16-17-12-8-7-9-13-17/h4-5,7-15,18-19H,1-2,6,16H2,3H3. The molecule has 0 fully saturated rings. The van der Waals surface area contributed by atoms with Crippen LogP contribution in [0.4, 0.5) is 0 Å². The first-order valence-corrected chi connectivity index (χ1v) is 8.71. The molecule has 2 heteroatoms. The van der Waals surface area contributed by atoms with Crippen LogP contribution in [0.1, 0.15) is 12.5 Å². The van der Waals surface area contributed by atoms with Crippen LogP contribution >= 0.6 is 11.8 Å². The van der Waals surface area contributed by atoms with Crippen LogP contribution in [0.15, 0.2) is 79.9 Å². The molecule has 0 aromatic heterocycles. The lowest BCUT2D eigenvalue weighted by molar-refractivity contribution is 0.0393. The molecule has 1 nitrogen and oxygen atoms in total. The van der Waals surface area contributed by atoms with E-state index >= 15 is 0 Å². The molecule has 0 bridgehead atoms. The lowest BCUT2D eigenvalue weighted by Gasteiger charge is -2.40. The summed E-state index contributed by atoms with van der Waals surface area (Å²) >= 11 is 1.82. The number of hydrogen-bond donors (Lipinski definition) is 0. The summed E-state index contributed by atoms with van der Waals surface area (Å²) < 4.78 is 6.29. The summed E-state index contributed by atoms with van der Waals surface area (Å²) in [7, 11) is 0. The molecule has 0 aliphatic heterocycles. The molecule has 2 rings (SSSR count). The number of thioether (sulfide) groups is 1. The summed E-state index contributed by atoms with van der Waals surface area (Å²) in [5.41, 5.74) is 0.958. The highest BCUT2D eigenvalue weighted by molar-refractivity contribution is 7.99. The number of allylic oxidation sites excluding steroid dienone is 4. The van der Waals surface area contributed by atoms with Crippen LogP contribution in [0, 0.1) is 11.3 Å². The van der Waals surface area contributed by atoms with Crippen LogP contribution in [0.5, 0.6) is 0 Å². The van der Waals surface area contributed by atoms with Gasteiger partial charge in [-0.15, -0.1) is 24.9 Å². The van der Waals surface area contributed by atoms with Gasteiger partial charge in [-0.3, -0.25) is 0 Å². The van der Waals surface area contributed by atoms with Crippen molar-refractivity contribution in [3.8, 4) is 0 Å². The molecular formula is C20H24OS. The zero-order valence-electron chi connectivity index (χ0n) is 13.2. The third-order valence-electron chi connectivity index (χ3n) is 3.97. The van der Waals surface area contributed by atoms with Gasteiger partial charge in [-0.2, -0.15) is 0 Å². The van der Waals surface area contributed by atoms with Gasteiger partial charge in [0.05, 0.1) is 12.0 Å². The Hall–Kier alpha value is -1.51. The molecule has 116 valence electrons. The number of hydrogen-bond acceptors (Lipinski definition) is 2. The second-order valence-corrected chi connectivity index (χ2v) is 6.63. The van der Waals surface area contributed by atoms with E-state index in [1.807, 2.05) is 42.1 Å².